The van der Waals surface area contributed by atoms with Crippen LogP contribution in [0.15, 0.2) is 42.5 Å². The highest BCUT2D eigenvalue weighted by Gasteiger charge is 2.15. The number of hydrogen-bond donors (Lipinski definition) is 0. The summed E-state index contributed by atoms with van der Waals surface area (Å²) in [5.41, 5.74) is 2.78. The van der Waals surface area contributed by atoms with Crippen molar-refractivity contribution in [1.29, 1.82) is 0 Å². The van der Waals surface area contributed by atoms with Gasteiger partial charge in [0.25, 0.3) is 5.91 Å². The van der Waals surface area contributed by atoms with Crippen LogP contribution in [0.5, 0.6) is 11.5 Å². The van der Waals surface area contributed by atoms with Gasteiger partial charge in [0.15, 0.2) is 11.5 Å². The van der Waals surface area contributed by atoms with Gasteiger partial charge >= 0.3 is 0 Å². The minimum Gasteiger partial charge on any atom is -0.493 e. The molecular formula is C21H26N2O4. The molecule has 0 atom stereocenters. The van der Waals surface area contributed by atoms with Gasteiger partial charge in [0.1, 0.15) is 0 Å². The molecule has 6 heteroatoms. The predicted octanol–water partition coefficient (Wildman–Crippen LogP) is 2.81. The Morgan fingerprint density at radius 1 is 1.04 bits per heavy atom. The summed E-state index contributed by atoms with van der Waals surface area (Å²) in [6.07, 6.45) is 0. The molecule has 0 aromatic heterocycles. The zero-order chi connectivity index (χ0) is 19.2. The molecule has 3 rings (SSSR count). The van der Waals surface area contributed by atoms with Gasteiger partial charge in [-0.25, -0.2) is 0 Å². The summed E-state index contributed by atoms with van der Waals surface area (Å²) in [6, 6.07) is 13.5. The fourth-order valence-electron chi connectivity index (χ4n) is 3.18. The fourth-order valence-corrected chi connectivity index (χ4v) is 3.18. The molecule has 2 aromatic rings. The summed E-state index contributed by atoms with van der Waals surface area (Å²) in [5, 5.41) is 0. The lowest BCUT2D eigenvalue weighted by atomic mass is 10.1. The predicted molar refractivity (Wildman–Crippen MR) is 105 cm³/mol. The normalized spacial score (nSPS) is 14.0. The second kappa shape index (κ2) is 8.77. The molecule has 0 N–H and O–H groups in total. The molecule has 1 aliphatic heterocycles. The Morgan fingerprint density at radius 2 is 1.70 bits per heavy atom. The van der Waals surface area contributed by atoms with E-state index in [2.05, 4.69) is 4.90 Å². The van der Waals surface area contributed by atoms with E-state index in [9.17, 15) is 4.79 Å². The van der Waals surface area contributed by atoms with Gasteiger partial charge in [-0.2, -0.15) is 0 Å². The number of benzene rings is 2. The van der Waals surface area contributed by atoms with Gasteiger partial charge in [-0.15, -0.1) is 0 Å². The van der Waals surface area contributed by atoms with Crippen molar-refractivity contribution in [3.8, 4) is 11.5 Å². The van der Waals surface area contributed by atoms with Crippen LogP contribution in [0, 0.1) is 0 Å². The molecule has 27 heavy (non-hydrogen) atoms. The Balaban J connectivity index is 1.66. The summed E-state index contributed by atoms with van der Waals surface area (Å²) in [6.45, 7) is 3.74. The van der Waals surface area contributed by atoms with Crippen LogP contribution in [0.2, 0.25) is 0 Å². The van der Waals surface area contributed by atoms with Crippen molar-refractivity contribution in [3.05, 3.63) is 53.6 Å². The van der Waals surface area contributed by atoms with Gasteiger partial charge in [0, 0.05) is 37.9 Å². The number of morpholine rings is 1. The minimum atomic E-state index is -0.0155. The molecular weight excluding hydrogens is 344 g/mol. The number of amides is 1. The molecule has 0 spiro atoms. The van der Waals surface area contributed by atoms with Gasteiger partial charge < -0.3 is 24.0 Å². The third kappa shape index (κ3) is 4.52. The van der Waals surface area contributed by atoms with Gasteiger partial charge in [-0.05, 0) is 42.0 Å². The van der Waals surface area contributed by atoms with Crippen LogP contribution in [-0.4, -0.2) is 58.4 Å². The standard InChI is InChI=1S/C21H26N2O4/c1-22(15-16-4-9-19(25-2)20(14-16)26-3)21(24)17-5-7-18(8-6-17)23-10-12-27-13-11-23/h4-9,14H,10-13,15H2,1-3H3. The number of carbonyl (C=O) groups excluding carboxylic acids is 1. The largest absolute Gasteiger partial charge is 0.493 e. The second-order valence-corrected chi connectivity index (χ2v) is 6.50. The van der Waals surface area contributed by atoms with Crippen LogP contribution in [-0.2, 0) is 11.3 Å². The van der Waals surface area contributed by atoms with Crippen molar-refractivity contribution in [3.63, 3.8) is 0 Å². The second-order valence-electron chi connectivity index (χ2n) is 6.50. The average molecular weight is 370 g/mol. The van der Waals surface area contributed by atoms with E-state index in [-0.39, 0.29) is 5.91 Å². The highest BCUT2D eigenvalue weighted by Crippen LogP contribution is 2.28. The summed E-state index contributed by atoms with van der Waals surface area (Å²) < 4.78 is 16.0. The van der Waals surface area contributed by atoms with E-state index in [4.69, 9.17) is 14.2 Å². The highest BCUT2D eigenvalue weighted by atomic mass is 16.5. The summed E-state index contributed by atoms with van der Waals surface area (Å²) >= 11 is 0. The van der Waals surface area contributed by atoms with Crippen LogP contribution >= 0.6 is 0 Å². The van der Waals surface area contributed by atoms with E-state index >= 15 is 0 Å². The molecule has 0 unspecified atom stereocenters. The Morgan fingerprint density at radius 3 is 2.33 bits per heavy atom. The van der Waals surface area contributed by atoms with Crippen molar-refractivity contribution in [2.75, 3.05) is 52.5 Å². The number of hydrogen-bond acceptors (Lipinski definition) is 5. The van der Waals surface area contributed by atoms with Crippen LogP contribution in [0.3, 0.4) is 0 Å². The first-order chi connectivity index (χ1) is 13.1. The Bertz CT molecular complexity index is 770. The molecule has 2 aromatic carbocycles. The Labute approximate surface area is 160 Å². The van der Waals surface area contributed by atoms with E-state index in [1.54, 1.807) is 26.2 Å². The maximum absolute atomic E-state index is 12.8. The molecule has 144 valence electrons. The number of carbonyl (C=O) groups is 1. The summed E-state index contributed by atoms with van der Waals surface area (Å²) in [7, 11) is 5.01. The van der Waals surface area contributed by atoms with Gasteiger partial charge in [0.2, 0.25) is 0 Å². The molecule has 1 heterocycles. The van der Waals surface area contributed by atoms with E-state index in [0.717, 1.165) is 37.6 Å². The molecule has 0 saturated carbocycles. The monoisotopic (exact) mass is 370 g/mol. The SMILES string of the molecule is COc1ccc(CN(C)C(=O)c2ccc(N3CCOCC3)cc2)cc1OC. The first-order valence-corrected chi connectivity index (χ1v) is 9.01. The lowest BCUT2D eigenvalue weighted by Crippen LogP contribution is -2.36. The zero-order valence-corrected chi connectivity index (χ0v) is 16.1. The van der Waals surface area contributed by atoms with E-state index in [1.807, 2.05) is 42.5 Å². The summed E-state index contributed by atoms with van der Waals surface area (Å²) in [5.74, 6) is 1.32. The highest BCUT2D eigenvalue weighted by molar-refractivity contribution is 5.94. The first-order valence-electron chi connectivity index (χ1n) is 9.01. The first kappa shape index (κ1) is 19.0. The lowest BCUT2D eigenvalue weighted by Gasteiger charge is -2.29. The molecule has 0 bridgehead atoms. The van der Waals surface area contributed by atoms with Gasteiger partial charge in [-0.3, -0.25) is 4.79 Å². The molecule has 6 nitrogen and oxygen atoms in total. The maximum Gasteiger partial charge on any atom is 0.253 e. The van der Waals surface area contributed by atoms with E-state index in [0.29, 0.717) is 23.6 Å². The van der Waals surface area contributed by atoms with Crippen LogP contribution < -0.4 is 14.4 Å². The zero-order valence-electron chi connectivity index (χ0n) is 16.1. The number of ether oxygens (including phenoxy) is 3. The molecule has 1 amide bonds. The van der Waals surface area contributed by atoms with E-state index in [1.165, 1.54) is 0 Å². The topological polar surface area (TPSA) is 51.2 Å². The molecule has 0 radical (unpaired) electrons. The number of nitrogens with zero attached hydrogens (tertiary/aromatic N) is 2. The van der Waals surface area contributed by atoms with Crippen molar-refractivity contribution in [1.82, 2.24) is 4.90 Å². The van der Waals surface area contributed by atoms with Crippen LogP contribution in [0.1, 0.15) is 15.9 Å². The lowest BCUT2D eigenvalue weighted by molar-refractivity contribution is 0.0785. The van der Waals surface area contributed by atoms with Crippen molar-refractivity contribution < 1.29 is 19.0 Å². The molecule has 1 saturated heterocycles. The Hall–Kier alpha value is -2.73. The van der Waals surface area contributed by atoms with Crippen molar-refractivity contribution in [2.45, 2.75) is 6.54 Å². The quantitative estimate of drug-likeness (QED) is 0.783. The van der Waals surface area contributed by atoms with Crippen LogP contribution in [0.4, 0.5) is 5.69 Å². The summed E-state index contributed by atoms with van der Waals surface area (Å²) in [4.78, 5) is 16.7. The van der Waals surface area contributed by atoms with Gasteiger partial charge in [0.05, 0.1) is 27.4 Å². The number of rotatable bonds is 6. The maximum atomic E-state index is 12.8. The molecule has 1 aliphatic rings. The minimum absolute atomic E-state index is 0.0155. The molecule has 0 aliphatic carbocycles. The number of methoxy groups -OCH3 is 2. The van der Waals surface area contributed by atoms with Crippen molar-refractivity contribution >= 4 is 11.6 Å². The van der Waals surface area contributed by atoms with Crippen LogP contribution in [0.25, 0.3) is 0 Å². The smallest absolute Gasteiger partial charge is 0.253 e. The average Bonchev–Trinajstić information content (AvgIpc) is 2.73. The third-order valence-electron chi connectivity index (χ3n) is 4.70. The molecule has 1 fully saturated rings. The van der Waals surface area contributed by atoms with Gasteiger partial charge in [-0.1, -0.05) is 6.07 Å². The Kier molecular flexibility index (Phi) is 6.19. The van der Waals surface area contributed by atoms with E-state index < -0.39 is 0 Å². The third-order valence-corrected chi connectivity index (χ3v) is 4.70. The fraction of sp³-hybridized carbons (Fsp3) is 0.381. The number of anilines is 1. The van der Waals surface area contributed by atoms with Crippen molar-refractivity contribution in [2.24, 2.45) is 0 Å².